The number of esters is 1. The SMILES string of the molecule is COC(=O)c1cccc2c1CCCN2Cc1nnc(C2CC2)o1. The zero-order valence-electron chi connectivity index (χ0n) is 13.1. The van der Waals surface area contributed by atoms with E-state index in [9.17, 15) is 4.79 Å². The molecule has 6 heteroatoms. The van der Waals surface area contributed by atoms with Gasteiger partial charge in [-0.25, -0.2) is 4.79 Å². The first-order chi connectivity index (χ1) is 11.3. The molecule has 2 heterocycles. The second-order valence-corrected chi connectivity index (χ2v) is 6.13. The van der Waals surface area contributed by atoms with Gasteiger partial charge in [0.15, 0.2) is 0 Å². The highest BCUT2D eigenvalue weighted by Crippen LogP contribution is 2.39. The Hall–Kier alpha value is -2.37. The van der Waals surface area contributed by atoms with Gasteiger partial charge >= 0.3 is 5.97 Å². The van der Waals surface area contributed by atoms with Gasteiger partial charge in [-0.15, -0.1) is 10.2 Å². The number of fused-ring (bicyclic) bond motifs is 1. The lowest BCUT2D eigenvalue weighted by molar-refractivity contribution is 0.0599. The molecule has 0 atom stereocenters. The zero-order valence-corrected chi connectivity index (χ0v) is 13.1. The fourth-order valence-corrected chi connectivity index (χ4v) is 3.16. The molecule has 4 rings (SSSR count). The summed E-state index contributed by atoms with van der Waals surface area (Å²) in [6.45, 7) is 1.50. The van der Waals surface area contributed by atoms with Gasteiger partial charge in [-0.1, -0.05) is 6.07 Å². The van der Waals surface area contributed by atoms with E-state index in [-0.39, 0.29) is 5.97 Å². The molecule has 1 aliphatic carbocycles. The van der Waals surface area contributed by atoms with E-state index in [0.29, 0.717) is 23.9 Å². The quantitative estimate of drug-likeness (QED) is 0.808. The van der Waals surface area contributed by atoms with Crippen LogP contribution in [0, 0.1) is 0 Å². The lowest BCUT2D eigenvalue weighted by Gasteiger charge is -2.31. The average Bonchev–Trinajstić information content (AvgIpc) is 3.34. The minimum Gasteiger partial charge on any atom is -0.465 e. The summed E-state index contributed by atoms with van der Waals surface area (Å²) in [5, 5.41) is 8.31. The Labute approximate surface area is 134 Å². The summed E-state index contributed by atoms with van der Waals surface area (Å²) in [4.78, 5) is 14.2. The van der Waals surface area contributed by atoms with E-state index in [4.69, 9.17) is 9.15 Å². The van der Waals surface area contributed by atoms with Crippen LogP contribution in [-0.2, 0) is 17.7 Å². The normalized spacial score (nSPS) is 17.0. The lowest BCUT2D eigenvalue weighted by atomic mass is 9.96. The summed E-state index contributed by atoms with van der Waals surface area (Å²) in [5.74, 6) is 1.59. The minimum atomic E-state index is -0.280. The van der Waals surface area contributed by atoms with Crippen LogP contribution in [0.2, 0.25) is 0 Å². The molecule has 0 N–H and O–H groups in total. The van der Waals surface area contributed by atoms with Crippen molar-refractivity contribution < 1.29 is 13.9 Å². The van der Waals surface area contributed by atoms with Crippen molar-refractivity contribution in [2.45, 2.75) is 38.1 Å². The number of carbonyl (C=O) groups is 1. The molecule has 1 aromatic heterocycles. The third-order valence-corrected chi connectivity index (χ3v) is 4.49. The third-order valence-electron chi connectivity index (χ3n) is 4.49. The molecule has 0 radical (unpaired) electrons. The number of methoxy groups -OCH3 is 1. The zero-order chi connectivity index (χ0) is 15.8. The number of hydrogen-bond acceptors (Lipinski definition) is 6. The van der Waals surface area contributed by atoms with Gasteiger partial charge in [0.25, 0.3) is 0 Å². The Morgan fingerprint density at radius 1 is 1.39 bits per heavy atom. The summed E-state index contributed by atoms with van der Waals surface area (Å²) in [6, 6.07) is 5.76. The Kier molecular flexibility index (Phi) is 3.52. The van der Waals surface area contributed by atoms with Gasteiger partial charge in [0, 0.05) is 18.2 Å². The van der Waals surface area contributed by atoms with E-state index < -0.39 is 0 Å². The van der Waals surface area contributed by atoms with Crippen LogP contribution in [-0.4, -0.2) is 29.8 Å². The van der Waals surface area contributed by atoms with Gasteiger partial charge < -0.3 is 14.1 Å². The first-order valence-electron chi connectivity index (χ1n) is 8.03. The summed E-state index contributed by atoms with van der Waals surface area (Å²) >= 11 is 0. The molecule has 1 aliphatic heterocycles. The molecule has 1 aromatic carbocycles. The first kappa shape index (κ1) is 14.2. The highest BCUT2D eigenvalue weighted by Gasteiger charge is 2.30. The predicted molar refractivity (Wildman–Crippen MR) is 83.4 cm³/mol. The van der Waals surface area contributed by atoms with Crippen LogP contribution in [0.1, 0.15) is 52.9 Å². The van der Waals surface area contributed by atoms with Crippen molar-refractivity contribution in [3.05, 3.63) is 41.1 Å². The maximum atomic E-state index is 12.0. The Morgan fingerprint density at radius 2 is 2.26 bits per heavy atom. The van der Waals surface area contributed by atoms with E-state index in [0.717, 1.165) is 49.4 Å². The molecule has 1 saturated carbocycles. The van der Waals surface area contributed by atoms with Gasteiger partial charge in [-0.2, -0.15) is 0 Å². The molecule has 23 heavy (non-hydrogen) atoms. The Morgan fingerprint density at radius 3 is 3.04 bits per heavy atom. The van der Waals surface area contributed by atoms with E-state index in [1.165, 1.54) is 7.11 Å². The fourth-order valence-electron chi connectivity index (χ4n) is 3.16. The predicted octanol–water partition coefficient (Wildman–Crippen LogP) is 2.69. The maximum Gasteiger partial charge on any atom is 0.338 e. The van der Waals surface area contributed by atoms with Crippen molar-refractivity contribution in [3.8, 4) is 0 Å². The summed E-state index contributed by atoms with van der Waals surface area (Å²) in [6.07, 6.45) is 4.17. The molecule has 2 aliphatic rings. The van der Waals surface area contributed by atoms with Gasteiger partial charge in [0.1, 0.15) is 0 Å². The van der Waals surface area contributed by atoms with E-state index >= 15 is 0 Å². The molecule has 6 nitrogen and oxygen atoms in total. The smallest absolute Gasteiger partial charge is 0.338 e. The number of rotatable bonds is 4. The van der Waals surface area contributed by atoms with Crippen LogP contribution < -0.4 is 4.90 Å². The first-order valence-corrected chi connectivity index (χ1v) is 8.03. The van der Waals surface area contributed by atoms with Gasteiger partial charge in [-0.3, -0.25) is 0 Å². The number of benzene rings is 1. The number of anilines is 1. The van der Waals surface area contributed by atoms with Crippen molar-refractivity contribution in [2.75, 3.05) is 18.6 Å². The Balaban J connectivity index is 1.60. The van der Waals surface area contributed by atoms with Crippen LogP contribution >= 0.6 is 0 Å². The number of ether oxygens (including phenoxy) is 1. The van der Waals surface area contributed by atoms with Crippen LogP contribution in [0.25, 0.3) is 0 Å². The summed E-state index contributed by atoms with van der Waals surface area (Å²) in [5.41, 5.74) is 2.76. The molecule has 2 aromatic rings. The number of nitrogens with zero attached hydrogens (tertiary/aromatic N) is 3. The molecule has 0 spiro atoms. The monoisotopic (exact) mass is 313 g/mol. The van der Waals surface area contributed by atoms with E-state index in [1.807, 2.05) is 18.2 Å². The highest BCUT2D eigenvalue weighted by atomic mass is 16.5. The van der Waals surface area contributed by atoms with Crippen LogP contribution in [0.15, 0.2) is 22.6 Å². The van der Waals surface area contributed by atoms with Crippen molar-refractivity contribution >= 4 is 11.7 Å². The average molecular weight is 313 g/mol. The molecule has 0 unspecified atom stereocenters. The number of carbonyl (C=O) groups excluding carboxylic acids is 1. The van der Waals surface area contributed by atoms with Crippen LogP contribution in [0.3, 0.4) is 0 Å². The molecular formula is C17H19N3O3. The summed E-state index contributed by atoms with van der Waals surface area (Å²) < 4.78 is 10.7. The van der Waals surface area contributed by atoms with E-state index in [2.05, 4.69) is 15.1 Å². The summed E-state index contributed by atoms with van der Waals surface area (Å²) in [7, 11) is 1.42. The molecule has 0 saturated heterocycles. The topological polar surface area (TPSA) is 68.5 Å². The second kappa shape index (κ2) is 5.68. The third kappa shape index (κ3) is 2.69. The number of aromatic nitrogens is 2. The van der Waals surface area contributed by atoms with Crippen LogP contribution in [0.4, 0.5) is 5.69 Å². The standard InChI is InChI=1S/C17H19N3O3/c1-22-17(21)13-4-2-6-14-12(13)5-3-9-20(14)10-15-18-19-16(23-15)11-7-8-11/h2,4,6,11H,3,5,7-10H2,1H3. The van der Waals surface area contributed by atoms with Gasteiger partial charge in [-0.05, 0) is 43.4 Å². The van der Waals surface area contributed by atoms with E-state index in [1.54, 1.807) is 0 Å². The maximum absolute atomic E-state index is 12.0. The largest absolute Gasteiger partial charge is 0.465 e. The molecule has 120 valence electrons. The number of hydrogen-bond donors (Lipinski definition) is 0. The van der Waals surface area contributed by atoms with Crippen molar-refractivity contribution in [3.63, 3.8) is 0 Å². The lowest BCUT2D eigenvalue weighted by Crippen LogP contribution is -2.30. The van der Waals surface area contributed by atoms with Crippen molar-refractivity contribution in [1.29, 1.82) is 0 Å². The highest BCUT2D eigenvalue weighted by molar-refractivity contribution is 5.93. The fraction of sp³-hybridized carbons (Fsp3) is 0.471. The molecular weight excluding hydrogens is 294 g/mol. The van der Waals surface area contributed by atoms with Crippen molar-refractivity contribution in [1.82, 2.24) is 10.2 Å². The second-order valence-electron chi connectivity index (χ2n) is 6.13. The molecule has 1 fully saturated rings. The molecule has 0 bridgehead atoms. The van der Waals surface area contributed by atoms with Gasteiger partial charge in [0.2, 0.25) is 11.8 Å². The van der Waals surface area contributed by atoms with Crippen molar-refractivity contribution in [2.24, 2.45) is 0 Å². The van der Waals surface area contributed by atoms with Gasteiger partial charge in [0.05, 0.1) is 19.2 Å². The Bertz CT molecular complexity index is 736. The minimum absolute atomic E-state index is 0.280. The van der Waals surface area contributed by atoms with Crippen LogP contribution in [0.5, 0.6) is 0 Å². The molecule has 0 amide bonds.